The highest BCUT2D eigenvalue weighted by atomic mass is 16.5. The van der Waals surface area contributed by atoms with E-state index in [0.717, 1.165) is 41.5 Å². The van der Waals surface area contributed by atoms with E-state index >= 15 is 0 Å². The summed E-state index contributed by atoms with van der Waals surface area (Å²) in [5.74, 6) is 1.54. The number of hydrogen-bond donors (Lipinski definition) is 3. The molecule has 0 radical (unpaired) electrons. The van der Waals surface area contributed by atoms with Crippen molar-refractivity contribution in [1.82, 2.24) is 4.98 Å². The normalized spacial score (nSPS) is 13.5. The molecular formula is C23H31N3O5. The minimum Gasteiger partial charge on any atom is -0.492 e. The van der Waals surface area contributed by atoms with Gasteiger partial charge in [-0.15, -0.1) is 0 Å². The Morgan fingerprint density at radius 3 is 2.58 bits per heavy atom. The number of carbonyl (C=O) groups excluding carboxylic acids is 1. The van der Waals surface area contributed by atoms with E-state index in [1.807, 2.05) is 31.2 Å². The quantitative estimate of drug-likeness (QED) is 0.637. The molecule has 0 saturated carbocycles. The first-order chi connectivity index (χ1) is 14.5. The fraction of sp³-hybridized carbons (Fsp3) is 0.435. The number of rotatable bonds is 6. The molecule has 1 aliphatic heterocycles. The van der Waals surface area contributed by atoms with Crippen LogP contribution in [0.15, 0.2) is 30.5 Å². The van der Waals surface area contributed by atoms with Gasteiger partial charge in [0.2, 0.25) is 5.91 Å². The van der Waals surface area contributed by atoms with Crippen LogP contribution in [0.2, 0.25) is 0 Å². The number of fused-ring (bicyclic) bond motifs is 3. The van der Waals surface area contributed by atoms with E-state index < -0.39 is 5.97 Å². The first-order valence-corrected chi connectivity index (χ1v) is 10.1. The number of aliphatic carboxylic acids is 1. The van der Waals surface area contributed by atoms with Crippen molar-refractivity contribution in [3.05, 3.63) is 36.0 Å². The van der Waals surface area contributed by atoms with Crippen molar-refractivity contribution in [2.24, 2.45) is 11.7 Å². The zero-order chi connectivity index (χ0) is 23.2. The van der Waals surface area contributed by atoms with Gasteiger partial charge in [-0.25, -0.2) is 4.98 Å². The topological polar surface area (TPSA) is 124 Å². The molecule has 1 aromatic heterocycles. The number of anilines is 1. The zero-order valence-electron chi connectivity index (χ0n) is 18.7. The van der Waals surface area contributed by atoms with Gasteiger partial charge >= 0.3 is 0 Å². The van der Waals surface area contributed by atoms with Crippen LogP contribution in [0.1, 0.15) is 46.6 Å². The number of carboxylic acid groups (broad SMARTS) is 1. The molecule has 0 aliphatic carbocycles. The van der Waals surface area contributed by atoms with Gasteiger partial charge in [-0.1, -0.05) is 13.8 Å². The summed E-state index contributed by atoms with van der Waals surface area (Å²) in [6, 6.07) is 7.65. The first-order valence-electron chi connectivity index (χ1n) is 10.1. The Morgan fingerprint density at radius 2 is 1.97 bits per heavy atom. The van der Waals surface area contributed by atoms with Crippen LogP contribution in [-0.4, -0.2) is 34.1 Å². The van der Waals surface area contributed by atoms with Crippen molar-refractivity contribution < 1.29 is 24.2 Å². The van der Waals surface area contributed by atoms with Crippen LogP contribution in [0.4, 0.5) is 5.82 Å². The Bertz CT molecular complexity index is 937. The lowest BCUT2D eigenvalue weighted by atomic mass is 9.93. The molecule has 31 heavy (non-hydrogen) atoms. The number of nitrogens with zero attached hydrogens (tertiary/aromatic N) is 1. The maximum Gasteiger partial charge on any atom is 0.300 e. The van der Waals surface area contributed by atoms with E-state index in [1.165, 1.54) is 6.92 Å². The van der Waals surface area contributed by atoms with Gasteiger partial charge in [-0.05, 0) is 43.0 Å². The highest BCUT2D eigenvalue weighted by Crippen LogP contribution is 2.40. The summed E-state index contributed by atoms with van der Waals surface area (Å²) >= 11 is 0. The minimum absolute atomic E-state index is 0.148. The van der Waals surface area contributed by atoms with E-state index in [1.54, 1.807) is 6.20 Å². The van der Waals surface area contributed by atoms with Gasteiger partial charge in [-0.2, -0.15) is 0 Å². The third-order valence-electron chi connectivity index (χ3n) is 4.36. The van der Waals surface area contributed by atoms with E-state index in [0.29, 0.717) is 24.9 Å². The SMILES string of the molecule is CC(=O)Nc1cc2c(cn1)COc1cc(OC[C@](C)(N)CC(C)C)ccc1-2.CC(=O)O. The Morgan fingerprint density at radius 1 is 1.29 bits per heavy atom. The molecule has 8 heteroatoms. The molecule has 168 valence electrons. The van der Waals surface area contributed by atoms with Crippen molar-refractivity contribution in [1.29, 1.82) is 0 Å². The maximum absolute atomic E-state index is 11.3. The second-order valence-corrected chi connectivity index (χ2v) is 8.41. The molecule has 2 heterocycles. The Labute approximate surface area is 182 Å². The first kappa shape index (κ1) is 24.1. The van der Waals surface area contributed by atoms with Crippen LogP contribution in [-0.2, 0) is 16.2 Å². The monoisotopic (exact) mass is 429 g/mol. The van der Waals surface area contributed by atoms with Gasteiger partial charge < -0.3 is 25.6 Å². The van der Waals surface area contributed by atoms with Gasteiger partial charge in [0, 0.05) is 42.8 Å². The highest BCUT2D eigenvalue weighted by molar-refractivity contribution is 5.89. The fourth-order valence-corrected chi connectivity index (χ4v) is 3.43. The molecule has 1 atom stereocenters. The average molecular weight is 430 g/mol. The van der Waals surface area contributed by atoms with Crippen molar-refractivity contribution >= 4 is 17.7 Å². The maximum atomic E-state index is 11.3. The molecule has 0 saturated heterocycles. The molecule has 0 unspecified atom stereocenters. The summed E-state index contributed by atoms with van der Waals surface area (Å²) in [5, 5.41) is 10.1. The number of aromatic nitrogens is 1. The summed E-state index contributed by atoms with van der Waals surface area (Å²) in [4.78, 5) is 24.5. The van der Waals surface area contributed by atoms with Gasteiger partial charge in [0.25, 0.3) is 5.97 Å². The standard InChI is InChI=1S/C21H27N3O3.C2H4O2/c1-13(2)9-21(4,22)12-27-16-5-6-17-18-8-20(24-14(3)25)23-10-15(18)11-26-19(17)7-16;1-2(3)4/h5-8,10,13H,9,11-12,22H2,1-4H3,(H,23,24,25);1H3,(H,3,4)/t21-;/m1./s1. The van der Waals surface area contributed by atoms with E-state index in [9.17, 15) is 4.79 Å². The molecular weight excluding hydrogens is 398 g/mol. The van der Waals surface area contributed by atoms with E-state index in [2.05, 4.69) is 24.1 Å². The molecule has 0 spiro atoms. The summed E-state index contributed by atoms with van der Waals surface area (Å²) in [5.41, 5.74) is 8.89. The fourth-order valence-electron chi connectivity index (χ4n) is 3.43. The number of pyridine rings is 1. The average Bonchev–Trinajstić information content (AvgIpc) is 2.64. The molecule has 1 amide bonds. The van der Waals surface area contributed by atoms with Crippen molar-refractivity contribution in [3.8, 4) is 22.6 Å². The second kappa shape index (κ2) is 10.3. The predicted octanol–water partition coefficient (Wildman–Crippen LogP) is 3.83. The lowest BCUT2D eigenvalue weighted by Gasteiger charge is -2.27. The van der Waals surface area contributed by atoms with Gasteiger partial charge in [-0.3, -0.25) is 9.59 Å². The lowest BCUT2D eigenvalue weighted by Crippen LogP contribution is -2.43. The van der Waals surface area contributed by atoms with Gasteiger partial charge in [0.05, 0.1) is 0 Å². The molecule has 1 aromatic carbocycles. The summed E-state index contributed by atoms with van der Waals surface area (Å²) in [6.45, 7) is 9.73. The van der Waals surface area contributed by atoms with Gasteiger partial charge in [0.1, 0.15) is 30.5 Å². The minimum atomic E-state index is -0.833. The van der Waals surface area contributed by atoms with Gasteiger partial charge in [0.15, 0.2) is 0 Å². The molecule has 8 nitrogen and oxygen atoms in total. The van der Waals surface area contributed by atoms with E-state index in [4.69, 9.17) is 25.1 Å². The Balaban J connectivity index is 0.000000785. The molecule has 1 aliphatic rings. The summed E-state index contributed by atoms with van der Waals surface area (Å²) in [7, 11) is 0. The number of benzene rings is 1. The van der Waals surface area contributed by atoms with Crippen molar-refractivity contribution in [2.75, 3.05) is 11.9 Å². The number of hydrogen-bond acceptors (Lipinski definition) is 6. The summed E-state index contributed by atoms with van der Waals surface area (Å²) < 4.78 is 11.8. The Hall–Kier alpha value is -3.13. The molecule has 0 bridgehead atoms. The van der Waals surface area contributed by atoms with Crippen molar-refractivity contribution in [3.63, 3.8) is 0 Å². The second-order valence-electron chi connectivity index (χ2n) is 8.41. The third-order valence-corrected chi connectivity index (χ3v) is 4.36. The molecule has 2 aromatic rings. The number of nitrogens with one attached hydrogen (secondary N) is 1. The number of carboxylic acids is 1. The number of ether oxygens (including phenoxy) is 2. The largest absolute Gasteiger partial charge is 0.492 e. The smallest absolute Gasteiger partial charge is 0.300 e. The number of amides is 1. The third kappa shape index (κ3) is 7.57. The molecule has 3 rings (SSSR count). The number of carbonyl (C=O) groups is 2. The predicted molar refractivity (Wildman–Crippen MR) is 119 cm³/mol. The van der Waals surface area contributed by atoms with Crippen LogP contribution < -0.4 is 20.5 Å². The Kier molecular flexibility index (Phi) is 7.99. The zero-order valence-corrected chi connectivity index (χ0v) is 18.7. The number of nitrogens with two attached hydrogens (primary N) is 1. The summed E-state index contributed by atoms with van der Waals surface area (Å²) in [6.07, 6.45) is 2.63. The van der Waals surface area contributed by atoms with Crippen LogP contribution in [0.3, 0.4) is 0 Å². The van der Waals surface area contributed by atoms with Crippen LogP contribution in [0, 0.1) is 5.92 Å². The van der Waals surface area contributed by atoms with Crippen LogP contribution in [0.25, 0.3) is 11.1 Å². The van der Waals surface area contributed by atoms with E-state index in [-0.39, 0.29) is 11.4 Å². The van der Waals surface area contributed by atoms with Crippen molar-refractivity contribution in [2.45, 2.75) is 53.2 Å². The lowest BCUT2D eigenvalue weighted by molar-refractivity contribution is -0.134. The van der Waals surface area contributed by atoms with Crippen LogP contribution in [0.5, 0.6) is 11.5 Å². The van der Waals surface area contributed by atoms with Crippen LogP contribution >= 0.6 is 0 Å². The molecule has 0 fully saturated rings. The highest BCUT2D eigenvalue weighted by Gasteiger charge is 2.23. The molecule has 4 N–H and O–H groups in total.